The number of benzene rings is 1. The van der Waals surface area contributed by atoms with Gasteiger partial charge in [-0.25, -0.2) is 0 Å². The minimum Gasteiger partial charge on any atom is -0.336 e. The van der Waals surface area contributed by atoms with E-state index < -0.39 is 0 Å². The van der Waals surface area contributed by atoms with Gasteiger partial charge in [0.05, 0.1) is 12.2 Å². The normalized spacial score (nSPS) is 19.7. The van der Waals surface area contributed by atoms with E-state index in [1.54, 1.807) is 4.90 Å². The molecule has 136 valence electrons. The molecule has 1 fully saturated rings. The van der Waals surface area contributed by atoms with Gasteiger partial charge in [0.1, 0.15) is 0 Å². The van der Waals surface area contributed by atoms with Crippen molar-refractivity contribution in [3.05, 3.63) is 52.8 Å². The number of carbonyl (C=O) groups excluding carboxylic acids is 2. The van der Waals surface area contributed by atoms with Crippen molar-refractivity contribution in [3.63, 3.8) is 0 Å². The fourth-order valence-corrected chi connectivity index (χ4v) is 4.00. The second kappa shape index (κ2) is 6.94. The Balaban J connectivity index is 1.40. The number of H-pyrrole nitrogens is 1. The molecule has 0 bridgehead atoms. The summed E-state index contributed by atoms with van der Waals surface area (Å²) >= 11 is 0. The van der Waals surface area contributed by atoms with E-state index in [1.807, 2.05) is 23.1 Å². The average Bonchev–Trinajstić information content (AvgIpc) is 3.25. The van der Waals surface area contributed by atoms with E-state index in [0.29, 0.717) is 26.1 Å². The van der Waals surface area contributed by atoms with Gasteiger partial charge in [0.2, 0.25) is 11.8 Å². The third-order valence-corrected chi connectivity index (χ3v) is 5.52. The standard InChI is InChI=1S/C20H24N4O2/c1-2-17-16-12-23(9-8-18(16)22-21-17)20(26)13-24-11-15(10-19(24)25)14-6-4-3-5-7-14/h3-7,15H,2,8-13H2,1H3,(H,21,22). The Labute approximate surface area is 153 Å². The molecular formula is C20H24N4O2. The zero-order valence-corrected chi connectivity index (χ0v) is 15.1. The predicted molar refractivity (Wildman–Crippen MR) is 97.5 cm³/mol. The lowest BCUT2D eigenvalue weighted by Crippen LogP contribution is -2.43. The van der Waals surface area contributed by atoms with E-state index in [9.17, 15) is 9.59 Å². The van der Waals surface area contributed by atoms with Crippen LogP contribution < -0.4 is 0 Å². The lowest BCUT2D eigenvalue weighted by atomic mass is 9.99. The van der Waals surface area contributed by atoms with Crippen LogP contribution in [-0.2, 0) is 29.0 Å². The number of fused-ring (bicyclic) bond motifs is 1. The highest BCUT2D eigenvalue weighted by Crippen LogP contribution is 2.28. The number of hydrogen-bond donors (Lipinski definition) is 1. The summed E-state index contributed by atoms with van der Waals surface area (Å²) in [6, 6.07) is 10.1. The number of hydrogen-bond acceptors (Lipinski definition) is 3. The van der Waals surface area contributed by atoms with Crippen LogP contribution in [0.3, 0.4) is 0 Å². The molecule has 0 spiro atoms. The highest BCUT2D eigenvalue weighted by Gasteiger charge is 2.33. The van der Waals surface area contributed by atoms with Crippen LogP contribution >= 0.6 is 0 Å². The Hall–Kier alpha value is -2.63. The first-order valence-corrected chi connectivity index (χ1v) is 9.31. The minimum absolute atomic E-state index is 0.0287. The van der Waals surface area contributed by atoms with Crippen molar-refractivity contribution < 1.29 is 9.59 Å². The summed E-state index contributed by atoms with van der Waals surface area (Å²) in [5.41, 5.74) is 4.51. The molecule has 6 heteroatoms. The maximum Gasteiger partial charge on any atom is 0.242 e. The first kappa shape index (κ1) is 16.8. The summed E-state index contributed by atoms with van der Waals surface area (Å²) in [5.74, 6) is 0.286. The molecule has 2 aliphatic rings. The second-order valence-electron chi connectivity index (χ2n) is 7.13. The van der Waals surface area contributed by atoms with Gasteiger partial charge >= 0.3 is 0 Å². The summed E-state index contributed by atoms with van der Waals surface area (Å²) in [6.45, 7) is 4.15. The van der Waals surface area contributed by atoms with Crippen LogP contribution in [0.1, 0.15) is 41.8 Å². The van der Waals surface area contributed by atoms with Crippen molar-refractivity contribution >= 4 is 11.8 Å². The predicted octanol–water partition coefficient (Wildman–Crippen LogP) is 1.87. The van der Waals surface area contributed by atoms with E-state index in [4.69, 9.17) is 0 Å². The highest BCUT2D eigenvalue weighted by atomic mass is 16.2. The first-order valence-electron chi connectivity index (χ1n) is 9.31. The minimum atomic E-state index is 0.0287. The van der Waals surface area contributed by atoms with Gasteiger partial charge < -0.3 is 9.80 Å². The molecule has 0 radical (unpaired) electrons. The third kappa shape index (κ3) is 3.11. The molecular weight excluding hydrogens is 328 g/mol. The fraction of sp³-hybridized carbons (Fsp3) is 0.450. The van der Waals surface area contributed by atoms with E-state index in [2.05, 4.69) is 29.3 Å². The number of nitrogens with zero attached hydrogens (tertiary/aromatic N) is 3. The third-order valence-electron chi connectivity index (χ3n) is 5.52. The summed E-state index contributed by atoms with van der Waals surface area (Å²) in [5, 5.41) is 7.43. The molecule has 2 aromatic rings. The van der Waals surface area contributed by atoms with Crippen LogP contribution in [-0.4, -0.2) is 51.4 Å². The van der Waals surface area contributed by atoms with Crippen LogP contribution in [0.15, 0.2) is 30.3 Å². The molecule has 4 rings (SSSR count). The molecule has 1 unspecified atom stereocenters. The number of nitrogens with one attached hydrogen (secondary N) is 1. The summed E-state index contributed by atoms with van der Waals surface area (Å²) in [7, 11) is 0. The zero-order valence-electron chi connectivity index (χ0n) is 15.1. The van der Waals surface area contributed by atoms with Crippen molar-refractivity contribution in [1.29, 1.82) is 0 Å². The topological polar surface area (TPSA) is 69.3 Å². The van der Waals surface area contributed by atoms with Crippen molar-refractivity contribution in [1.82, 2.24) is 20.0 Å². The molecule has 1 saturated heterocycles. The maximum atomic E-state index is 12.8. The Morgan fingerprint density at radius 1 is 1.31 bits per heavy atom. The van der Waals surface area contributed by atoms with Crippen molar-refractivity contribution in [2.45, 2.75) is 38.6 Å². The zero-order chi connectivity index (χ0) is 18.1. The van der Waals surface area contributed by atoms with Gasteiger partial charge in [0.15, 0.2) is 0 Å². The van der Waals surface area contributed by atoms with Crippen molar-refractivity contribution in [2.75, 3.05) is 19.6 Å². The second-order valence-corrected chi connectivity index (χ2v) is 7.13. The quantitative estimate of drug-likeness (QED) is 0.913. The molecule has 1 aromatic carbocycles. The largest absolute Gasteiger partial charge is 0.336 e. The Morgan fingerprint density at radius 2 is 2.12 bits per heavy atom. The van der Waals surface area contributed by atoms with E-state index >= 15 is 0 Å². The van der Waals surface area contributed by atoms with Crippen LogP contribution in [0.2, 0.25) is 0 Å². The van der Waals surface area contributed by atoms with Gasteiger partial charge in [0, 0.05) is 49.7 Å². The smallest absolute Gasteiger partial charge is 0.242 e. The molecule has 1 N–H and O–H groups in total. The maximum absolute atomic E-state index is 12.8. The van der Waals surface area contributed by atoms with E-state index in [0.717, 1.165) is 29.8 Å². The van der Waals surface area contributed by atoms with Crippen molar-refractivity contribution in [2.24, 2.45) is 0 Å². The molecule has 2 aliphatic heterocycles. The van der Waals surface area contributed by atoms with Gasteiger partial charge in [0.25, 0.3) is 0 Å². The van der Waals surface area contributed by atoms with Gasteiger partial charge in [-0.05, 0) is 12.0 Å². The summed E-state index contributed by atoms with van der Waals surface area (Å²) in [4.78, 5) is 28.7. The molecule has 2 amide bonds. The number of carbonyl (C=O) groups is 2. The van der Waals surface area contributed by atoms with E-state index in [1.165, 1.54) is 5.56 Å². The van der Waals surface area contributed by atoms with Crippen LogP contribution in [0.5, 0.6) is 0 Å². The van der Waals surface area contributed by atoms with E-state index in [-0.39, 0.29) is 24.3 Å². The van der Waals surface area contributed by atoms with Crippen molar-refractivity contribution in [3.8, 4) is 0 Å². The summed E-state index contributed by atoms with van der Waals surface area (Å²) in [6.07, 6.45) is 2.15. The average molecular weight is 352 g/mol. The van der Waals surface area contributed by atoms with Crippen LogP contribution in [0.25, 0.3) is 0 Å². The molecule has 6 nitrogen and oxygen atoms in total. The Morgan fingerprint density at radius 3 is 2.88 bits per heavy atom. The van der Waals surface area contributed by atoms with Crippen LogP contribution in [0, 0.1) is 0 Å². The Kier molecular flexibility index (Phi) is 4.49. The molecule has 26 heavy (non-hydrogen) atoms. The number of rotatable bonds is 4. The summed E-state index contributed by atoms with van der Waals surface area (Å²) < 4.78 is 0. The molecule has 1 atom stereocenters. The van der Waals surface area contributed by atoms with Gasteiger partial charge in [-0.1, -0.05) is 37.3 Å². The number of aromatic amines is 1. The molecule has 1 aromatic heterocycles. The lowest BCUT2D eigenvalue weighted by molar-refractivity contribution is -0.139. The lowest BCUT2D eigenvalue weighted by Gasteiger charge is -2.29. The molecule has 0 aliphatic carbocycles. The highest BCUT2D eigenvalue weighted by molar-refractivity contribution is 5.86. The monoisotopic (exact) mass is 352 g/mol. The number of likely N-dealkylation sites (tertiary alicyclic amines) is 1. The molecule has 3 heterocycles. The fourth-order valence-electron chi connectivity index (χ4n) is 4.00. The van der Waals surface area contributed by atoms with Gasteiger partial charge in [-0.15, -0.1) is 0 Å². The SMILES string of the molecule is CCc1n[nH]c2c1CN(C(=O)CN1CC(c3ccccc3)CC1=O)CC2. The number of aromatic nitrogens is 2. The van der Waals surface area contributed by atoms with Crippen LogP contribution in [0.4, 0.5) is 0 Å². The first-order chi connectivity index (χ1) is 12.7. The number of aryl methyl sites for hydroxylation is 1. The Bertz CT molecular complexity index is 801. The van der Waals surface area contributed by atoms with Gasteiger partial charge in [-0.2, -0.15) is 5.10 Å². The number of amides is 2. The molecule has 0 saturated carbocycles. The van der Waals surface area contributed by atoms with Gasteiger partial charge in [-0.3, -0.25) is 14.7 Å².